The predicted molar refractivity (Wildman–Crippen MR) is 92.5 cm³/mol. The number of esters is 1. The molecule has 4 atom stereocenters. The molecule has 23 heavy (non-hydrogen) atoms. The first-order chi connectivity index (χ1) is 10.4. The first-order valence-corrected chi connectivity index (χ1v) is 9.22. The maximum absolute atomic E-state index is 12.5. The van der Waals surface area contributed by atoms with Crippen LogP contribution in [-0.4, -0.2) is 57.2 Å². The molecular formula is C17H32O5S. The second kappa shape index (κ2) is 8.19. The van der Waals surface area contributed by atoms with Crippen LogP contribution in [0.3, 0.4) is 0 Å². The van der Waals surface area contributed by atoms with E-state index in [2.05, 4.69) is 20.8 Å². The third-order valence-corrected chi connectivity index (χ3v) is 5.02. The average molecular weight is 349 g/mol. The van der Waals surface area contributed by atoms with Crippen LogP contribution in [0.1, 0.15) is 54.4 Å². The second-order valence-electron chi connectivity index (χ2n) is 8.14. The zero-order valence-corrected chi connectivity index (χ0v) is 16.0. The smallest absolute Gasteiger partial charge is 0.336 e. The van der Waals surface area contributed by atoms with Gasteiger partial charge in [-0.2, -0.15) is 11.8 Å². The Hall–Kier alpha value is -0.300. The van der Waals surface area contributed by atoms with Crippen molar-refractivity contribution in [2.75, 3.05) is 12.4 Å². The van der Waals surface area contributed by atoms with Gasteiger partial charge in [-0.1, -0.05) is 20.8 Å². The van der Waals surface area contributed by atoms with Gasteiger partial charge in [-0.05, 0) is 39.4 Å². The number of rotatable bonds is 5. The number of thioether (sulfide) groups is 1. The van der Waals surface area contributed by atoms with Crippen molar-refractivity contribution in [1.29, 1.82) is 0 Å². The largest absolute Gasteiger partial charge is 0.458 e. The van der Waals surface area contributed by atoms with Gasteiger partial charge in [0.05, 0.1) is 12.7 Å². The molecule has 0 unspecified atom stereocenters. The molecule has 0 amide bonds. The van der Waals surface area contributed by atoms with Crippen molar-refractivity contribution in [3.63, 3.8) is 0 Å². The highest BCUT2D eigenvalue weighted by atomic mass is 32.2. The Bertz CT molecular complexity index is 385. The summed E-state index contributed by atoms with van der Waals surface area (Å²) in [6.45, 7) is 11.5. The third-order valence-electron chi connectivity index (χ3n) is 3.56. The lowest BCUT2D eigenvalue weighted by molar-refractivity contribution is -0.190. The van der Waals surface area contributed by atoms with Gasteiger partial charge in [-0.15, -0.1) is 0 Å². The van der Waals surface area contributed by atoms with E-state index in [9.17, 15) is 9.90 Å². The molecule has 1 aliphatic rings. The second-order valence-corrected chi connectivity index (χ2v) is 9.99. The van der Waals surface area contributed by atoms with Crippen LogP contribution in [0.2, 0.25) is 0 Å². The zero-order valence-electron chi connectivity index (χ0n) is 15.2. The van der Waals surface area contributed by atoms with Crippen LogP contribution in [0.4, 0.5) is 0 Å². The molecule has 0 aromatic heterocycles. The Morgan fingerprint density at radius 1 is 1.26 bits per heavy atom. The van der Waals surface area contributed by atoms with E-state index in [1.165, 1.54) is 0 Å². The fraction of sp³-hybridized carbons (Fsp3) is 0.941. The monoisotopic (exact) mass is 348 g/mol. The summed E-state index contributed by atoms with van der Waals surface area (Å²) in [6.07, 6.45) is -0.765. The predicted octanol–water partition coefficient (Wildman–Crippen LogP) is 2.38. The molecule has 0 saturated carbocycles. The van der Waals surface area contributed by atoms with E-state index in [-0.39, 0.29) is 23.2 Å². The normalized spacial score (nSPS) is 27.6. The summed E-state index contributed by atoms with van der Waals surface area (Å²) < 4.78 is 11.4. The van der Waals surface area contributed by atoms with Crippen LogP contribution in [-0.2, 0) is 14.3 Å². The van der Waals surface area contributed by atoms with Crippen molar-refractivity contribution in [2.45, 2.75) is 83.0 Å². The third kappa shape index (κ3) is 7.42. The highest BCUT2D eigenvalue weighted by Gasteiger charge is 2.40. The molecule has 1 heterocycles. The molecule has 0 aliphatic carbocycles. The van der Waals surface area contributed by atoms with E-state index in [1.54, 1.807) is 11.8 Å². The molecule has 5 nitrogen and oxygen atoms in total. The lowest BCUT2D eigenvalue weighted by Gasteiger charge is -2.38. The van der Waals surface area contributed by atoms with E-state index in [0.29, 0.717) is 6.42 Å². The van der Waals surface area contributed by atoms with E-state index in [0.717, 1.165) is 12.2 Å². The molecule has 0 spiro atoms. The highest BCUT2D eigenvalue weighted by Crippen LogP contribution is 2.34. The minimum Gasteiger partial charge on any atom is -0.458 e. The van der Waals surface area contributed by atoms with Crippen molar-refractivity contribution < 1.29 is 24.5 Å². The van der Waals surface area contributed by atoms with Crippen LogP contribution < -0.4 is 0 Å². The summed E-state index contributed by atoms with van der Waals surface area (Å²) >= 11 is 1.79. The van der Waals surface area contributed by atoms with Gasteiger partial charge in [-0.3, -0.25) is 0 Å². The zero-order chi connectivity index (χ0) is 17.8. The van der Waals surface area contributed by atoms with Gasteiger partial charge < -0.3 is 19.7 Å². The summed E-state index contributed by atoms with van der Waals surface area (Å²) in [5.74, 6) is 0.470. The molecule has 1 aliphatic heterocycles. The molecular weight excluding hydrogens is 316 g/mol. The Morgan fingerprint density at radius 3 is 2.35 bits per heavy atom. The number of aliphatic hydroxyl groups is 2. The van der Waals surface area contributed by atoms with Crippen molar-refractivity contribution in [1.82, 2.24) is 0 Å². The molecule has 0 radical (unpaired) electrons. The quantitative estimate of drug-likeness (QED) is 0.743. The fourth-order valence-electron chi connectivity index (χ4n) is 2.43. The fourth-order valence-corrected chi connectivity index (χ4v) is 3.49. The van der Waals surface area contributed by atoms with Gasteiger partial charge in [0.1, 0.15) is 11.7 Å². The number of carbonyl (C=O) groups excluding carboxylic acids is 1. The van der Waals surface area contributed by atoms with Crippen LogP contribution in [0.25, 0.3) is 0 Å². The maximum atomic E-state index is 12.5. The highest BCUT2D eigenvalue weighted by molar-refractivity contribution is 8.00. The molecule has 136 valence electrons. The van der Waals surface area contributed by atoms with Crippen LogP contribution in [0.15, 0.2) is 0 Å². The minimum absolute atomic E-state index is 0.0521. The van der Waals surface area contributed by atoms with Crippen LogP contribution in [0.5, 0.6) is 0 Å². The van der Waals surface area contributed by atoms with E-state index < -0.39 is 23.9 Å². The van der Waals surface area contributed by atoms with E-state index >= 15 is 0 Å². The Kier molecular flexibility index (Phi) is 7.38. The van der Waals surface area contributed by atoms with Crippen molar-refractivity contribution in [3.8, 4) is 0 Å². The Morgan fingerprint density at radius 2 is 1.87 bits per heavy atom. The van der Waals surface area contributed by atoms with E-state index in [1.807, 2.05) is 20.8 Å². The summed E-state index contributed by atoms with van der Waals surface area (Å²) in [5, 5.41) is 19.0. The lowest BCUT2D eigenvalue weighted by atomic mass is 9.91. The number of carbonyl (C=O) groups is 1. The van der Waals surface area contributed by atoms with Crippen LogP contribution >= 0.6 is 11.8 Å². The minimum atomic E-state index is -0.962. The molecule has 0 aromatic carbocycles. The topological polar surface area (TPSA) is 76.0 Å². The average Bonchev–Trinajstić information content (AvgIpc) is 2.41. The van der Waals surface area contributed by atoms with Crippen LogP contribution in [0, 0.1) is 5.92 Å². The standard InChI is InChI=1S/C17H32O5S/c1-16(2,3)22-15(20)14-11(10-23-17(4,5)6)7-8-13(21-14)12(19)9-18/h11-14,18-19H,7-10H2,1-6H3/t11-,12+,13-,14+/m0/s1. The van der Waals surface area contributed by atoms with Gasteiger partial charge in [-0.25, -0.2) is 4.79 Å². The molecule has 0 aromatic rings. The molecule has 6 heteroatoms. The van der Waals surface area contributed by atoms with Gasteiger partial charge >= 0.3 is 5.97 Å². The summed E-state index contributed by atoms with van der Waals surface area (Å²) in [7, 11) is 0. The molecule has 1 fully saturated rings. The maximum Gasteiger partial charge on any atom is 0.336 e. The van der Waals surface area contributed by atoms with E-state index in [4.69, 9.17) is 14.6 Å². The molecule has 1 saturated heterocycles. The first kappa shape index (κ1) is 20.7. The molecule has 0 bridgehead atoms. The Balaban J connectivity index is 2.80. The number of ether oxygens (including phenoxy) is 2. The van der Waals surface area contributed by atoms with Gasteiger partial charge in [0, 0.05) is 10.7 Å². The van der Waals surface area contributed by atoms with Crippen molar-refractivity contribution >= 4 is 17.7 Å². The summed E-state index contributed by atoms with van der Waals surface area (Å²) in [5.41, 5.74) is -0.579. The molecule has 2 N–H and O–H groups in total. The van der Waals surface area contributed by atoms with Gasteiger partial charge in [0.2, 0.25) is 0 Å². The van der Waals surface area contributed by atoms with Crippen molar-refractivity contribution in [2.24, 2.45) is 5.92 Å². The van der Waals surface area contributed by atoms with Gasteiger partial charge in [0.25, 0.3) is 0 Å². The summed E-state index contributed by atoms with van der Waals surface area (Å²) in [6, 6.07) is 0. The SMILES string of the molecule is CC(C)(C)OC(=O)[C@@H]1O[C@H]([C@H](O)CO)CC[C@H]1CSC(C)(C)C. The summed E-state index contributed by atoms with van der Waals surface area (Å²) in [4.78, 5) is 12.5. The molecule has 1 rings (SSSR count). The first-order valence-electron chi connectivity index (χ1n) is 8.24. The number of hydrogen-bond acceptors (Lipinski definition) is 6. The number of hydrogen-bond donors (Lipinski definition) is 2. The van der Waals surface area contributed by atoms with Gasteiger partial charge in [0.15, 0.2) is 6.10 Å². The van der Waals surface area contributed by atoms with Crippen molar-refractivity contribution in [3.05, 3.63) is 0 Å². The lowest BCUT2D eigenvalue weighted by Crippen LogP contribution is -2.48. The Labute approximate surface area is 144 Å². The number of aliphatic hydroxyl groups excluding tert-OH is 2.